The summed E-state index contributed by atoms with van der Waals surface area (Å²) < 4.78 is 7.01. The van der Waals surface area contributed by atoms with Gasteiger partial charge in [0.05, 0.1) is 12.1 Å². The van der Waals surface area contributed by atoms with Crippen LogP contribution in [0, 0.1) is 0 Å². The van der Waals surface area contributed by atoms with E-state index in [0.29, 0.717) is 0 Å². The van der Waals surface area contributed by atoms with E-state index in [4.69, 9.17) is 4.42 Å². The Morgan fingerprint density at radius 2 is 2.24 bits per heavy atom. The SMILES string of the molecule is CCC(NC(C)c1cc2cc(Br)ccc2o1)c1nccs1. The fraction of sp³-hybridized carbons (Fsp3) is 0.312. The van der Waals surface area contributed by atoms with Crippen molar-refractivity contribution in [3.63, 3.8) is 0 Å². The highest BCUT2D eigenvalue weighted by molar-refractivity contribution is 9.10. The van der Waals surface area contributed by atoms with Gasteiger partial charge >= 0.3 is 0 Å². The van der Waals surface area contributed by atoms with Gasteiger partial charge < -0.3 is 4.42 Å². The van der Waals surface area contributed by atoms with Crippen molar-refractivity contribution < 1.29 is 4.42 Å². The van der Waals surface area contributed by atoms with Gasteiger partial charge in [0.1, 0.15) is 16.4 Å². The number of thiazole rings is 1. The van der Waals surface area contributed by atoms with E-state index < -0.39 is 0 Å². The maximum Gasteiger partial charge on any atom is 0.134 e. The normalized spacial score (nSPS) is 14.4. The van der Waals surface area contributed by atoms with Crippen LogP contribution in [0.4, 0.5) is 0 Å². The molecule has 1 aromatic carbocycles. The lowest BCUT2D eigenvalue weighted by molar-refractivity contribution is 0.397. The number of benzene rings is 1. The standard InChI is InChI=1S/C16H17BrN2OS/c1-3-13(16-18-6-7-21-16)19-10(2)15-9-11-8-12(17)4-5-14(11)20-15/h4-10,13,19H,3H2,1-2H3. The smallest absolute Gasteiger partial charge is 0.134 e. The molecule has 2 atom stereocenters. The van der Waals surface area contributed by atoms with Gasteiger partial charge in [0.25, 0.3) is 0 Å². The van der Waals surface area contributed by atoms with Crippen LogP contribution in [0.2, 0.25) is 0 Å². The van der Waals surface area contributed by atoms with E-state index in [1.165, 1.54) is 0 Å². The molecule has 1 N–H and O–H groups in total. The molecule has 21 heavy (non-hydrogen) atoms. The summed E-state index contributed by atoms with van der Waals surface area (Å²) in [5.41, 5.74) is 0.921. The second-order valence-corrected chi connectivity index (χ2v) is 6.89. The van der Waals surface area contributed by atoms with Crippen molar-refractivity contribution in [2.75, 3.05) is 0 Å². The van der Waals surface area contributed by atoms with Crippen LogP contribution in [0.25, 0.3) is 11.0 Å². The molecule has 3 aromatic rings. The van der Waals surface area contributed by atoms with E-state index >= 15 is 0 Å². The first-order chi connectivity index (χ1) is 10.2. The number of nitrogens with zero attached hydrogens (tertiary/aromatic N) is 1. The molecule has 2 aromatic heterocycles. The Morgan fingerprint density at radius 1 is 1.38 bits per heavy atom. The molecule has 0 fully saturated rings. The Labute approximate surface area is 136 Å². The van der Waals surface area contributed by atoms with E-state index in [0.717, 1.165) is 32.6 Å². The Hall–Kier alpha value is -1.17. The lowest BCUT2D eigenvalue weighted by Gasteiger charge is -2.19. The molecule has 2 unspecified atom stereocenters. The van der Waals surface area contributed by atoms with E-state index in [9.17, 15) is 0 Å². The Kier molecular flexibility index (Phi) is 4.42. The first kappa shape index (κ1) is 14.8. The zero-order chi connectivity index (χ0) is 14.8. The van der Waals surface area contributed by atoms with Crippen LogP contribution in [-0.2, 0) is 0 Å². The molecule has 3 nitrogen and oxygen atoms in total. The van der Waals surface area contributed by atoms with E-state index in [1.807, 2.05) is 23.7 Å². The molecule has 5 heteroatoms. The summed E-state index contributed by atoms with van der Waals surface area (Å²) in [4.78, 5) is 4.41. The van der Waals surface area contributed by atoms with Crippen molar-refractivity contribution in [3.05, 3.63) is 51.1 Å². The highest BCUT2D eigenvalue weighted by Crippen LogP contribution is 2.29. The van der Waals surface area contributed by atoms with Crippen molar-refractivity contribution in [1.29, 1.82) is 0 Å². The fourth-order valence-electron chi connectivity index (χ4n) is 2.40. The van der Waals surface area contributed by atoms with Crippen molar-refractivity contribution in [2.24, 2.45) is 0 Å². The lowest BCUT2D eigenvalue weighted by atomic mass is 10.1. The van der Waals surface area contributed by atoms with E-state index in [1.54, 1.807) is 11.3 Å². The molecular weight excluding hydrogens is 348 g/mol. The molecule has 0 saturated carbocycles. The summed E-state index contributed by atoms with van der Waals surface area (Å²) in [7, 11) is 0. The number of rotatable bonds is 5. The van der Waals surface area contributed by atoms with E-state index in [-0.39, 0.29) is 12.1 Å². The second-order valence-electron chi connectivity index (χ2n) is 5.05. The first-order valence-electron chi connectivity index (χ1n) is 7.01. The van der Waals surface area contributed by atoms with Gasteiger partial charge in [0, 0.05) is 21.4 Å². The van der Waals surface area contributed by atoms with E-state index in [2.05, 4.69) is 52.2 Å². The van der Waals surface area contributed by atoms with Crippen LogP contribution in [0.1, 0.15) is 43.1 Å². The van der Waals surface area contributed by atoms with Gasteiger partial charge in [0.2, 0.25) is 0 Å². The monoisotopic (exact) mass is 364 g/mol. The average Bonchev–Trinajstić information content (AvgIpc) is 3.12. The Bertz CT molecular complexity index is 723. The number of halogens is 1. The number of hydrogen-bond donors (Lipinski definition) is 1. The summed E-state index contributed by atoms with van der Waals surface area (Å²) in [5, 5.41) is 7.87. The van der Waals surface area contributed by atoms with Crippen molar-refractivity contribution >= 4 is 38.2 Å². The molecule has 0 amide bonds. The minimum absolute atomic E-state index is 0.144. The van der Waals surface area contributed by atoms with Crippen LogP contribution in [0.15, 0.2) is 44.7 Å². The van der Waals surface area contributed by atoms with Gasteiger partial charge in [-0.3, -0.25) is 5.32 Å². The summed E-state index contributed by atoms with van der Waals surface area (Å²) in [6.07, 6.45) is 2.86. The molecule has 0 aliphatic carbocycles. The number of aromatic nitrogens is 1. The number of fused-ring (bicyclic) bond motifs is 1. The van der Waals surface area contributed by atoms with Crippen molar-refractivity contribution in [3.8, 4) is 0 Å². The molecule has 3 rings (SSSR count). The predicted octanol–water partition coefficient (Wildman–Crippen LogP) is 5.45. The van der Waals surface area contributed by atoms with Gasteiger partial charge in [-0.2, -0.15) is 0 Å². The van der Waals surface area contributed by atoms with Gasteiger partial charge in [-0.05, 0) is 37.6 Å². The van der Waals surface area contributed by atoms with Gasteiger partial charge in [-0.15, -0.1) is 11.3 Å². The molecule has 0 radical (unpaired) electrons. The third-order valence-electron chi connectivity index (χ3n) is 3.53. The molecular formula is C16H17BrN2OS. The maximum absolute atomic E-state index is 5.95. The molecule has 110 valence electrons. The molecule has 0 aliphatic rings. The van der Waals surface area contributed by atoms with Crippen LogP contribution in [-0.4, -0.2) is 4.98 Å². The van der Waals surface area contributed by atoms with Gasteiger partial charge in [0.15, 0.2) is 0 Å². The largest absolute Gasteiger partial charge is 0.459 e. The maximum atomic E-state index is 5.95. The van der Waals surface area contributed by atoms with Crippen molar-refractivity contribution in [1.82, 2.24) is 10.3 Å². The van der Waals surface area contributed by atoms with Crippen LogP contribution >= 0.6 is 27.3 Å². The highest BCUT2D eigenvalue weighted by Gasteiger charge is 2.18. The fourth-order valence-corrected chi connectivity index (χ4v) is 3.56. The Morgan fingerprint density at radius 3 is 2.95 bits per heavy atom. The molecule has 0 bridgehead atoms. The van der Waals surface area contributed by atoms with Gasteiger partial charge in [-0.25, -0.2) is 4.98 Å². The third kappa shape index (κ3) is 3.20. The quantitative estimate of drug-likeness (QED) is 0.653. The average molecular weight is 365 g/mol. The summed E-state index contributed by atoms with van der Waals surface area (Å²) >= 11 is 5.18. The lowest BCUT2D eigenvalue weighted by Crippen LogP contribution is -2.23. The van der Waals surface area contributed by atoms with Gasteiger partial charge in [-0.1, -0.05) is 22.9 Å². The summed E-state index contributed by atoms with van der Waals surface area (Å²) in [5.74, 6) is 0.957. The van der Waals surface area contributed by atoms with Crippen LogP contribution < -0.4 is 5.32 Å². The molecule has 0 aliphatic heterocycles. The summed E-state index contributed by atoms with van der Waals surface area (Å²) in [6, 6.07) is 8.58. The predicted molar refractivity (Wildman–Crippen MR) is 90.6 cm³/mol. The first-order valence-corrected chi connectivity index (χ1v) is 8.69. The second kappa shape index (κ2) is 6.30. The number of nitrogens with one attached hydrogen (secondary N) is 1. The zero-order valence-electron chi connectivity index (χ0n) is 12.0. The molecule has 0 spiro atoms. The Balaban J connectivity index is 1.81. The minimum atomic E-state index is 0.144. The third-order valence-corrected chi connectivity index (χ3v) is 4.92. The van der Waals surface area contributed by atoms with Crippen LogP contribution in [0.3, 0.4) is 0 Å². The highest BCUT2D eigenvalue weighted by atomic mass is 79.9. The van der Waals surface area contributed by atoms with Crippen molar-refractivity contribution in [2.45, 2.75) is 32.4 Å². The summed E-state index contributed by atoms with van der Waals surface area (Å²) in [6.45, 7) is 4.30. The molecule has 2 heterocycles. The van der Waals surface area contributed by atoms with Crippen LogP contribution in [0.5, 0.6) is 0 Å². The zero-order valence-corrected chi connectivity index (χ0v) is 14.4. The molecule has 0 saturated heterocycles. The minimum Gasteiger partial charge on any atom is -0.459 e. The number of furan rings is 1. The topological polar surface area (TPSA) is 38.1 Å². The number of hydrogen-bond acceptors (Lipinski definition) is 4.